The van der Waals surface area contributed by atoms with Gasteiger partial charge in [-0.3, -0.25) is 9.88 Å². The van der Waals surface area contributed by atoms with E-state index in [0.717, 1.165) is 65.8 Å². The molecule has 0 unspecified atom stereocenters. The molecule has 1 aromatic carbocycles. The van der Waals surface area contributed by atoms with E-state index in [9.17, 15) is 4.39 Å². The molecule has 1 fully saturated rings. The van der Waals surface area contributed by atoms with Crippen molar-refractivity contribution in [3.05, 3.63) is 52.9 Å². The van der Waals surface area contributed by atoms with E-state index in [1.165, 1.54) is 0 Å². The SMILES string of the molecule is Cc1ncc(N2CCN(CCF)CC2)cc1Nc1ncc2c(n1)-c1ccc(Cl)cc1NC(=S)C2. The minimum Gasteiger partial charge on any atom is -0.368 e. The van der Waals surface area contributed by atoms with Gasteiger partial charge in [-0.1, -0.05) is 23.8 Å². The topological polar surface area (TPSA) is 69.2 Å². The Labute approximate surface area is 208 Å². The maximum atomic E-state index is 12.6. The summed E-state index contributed by atoms with van der Waals surface area (Å²) >= 11 is 11.7. The summed E-state index contributed by atoms with van der Waals surface area (Å²) in [5.74, 6) is 0.488. The van der Waals surface area contributed by atoms with Gasteiger partial charge in [0.1, 0.15) is 6.67 Å². The second kappa shape index (κ2) is 9.77. The highest BCUT2D eigenvalue weighted by Crippen LogP contribution is 2.35. The van der Waals surface area contributed by atoms with Gasteiger partial charge in [0.2, 0.25) is 5.95 Å². The molecule has 1 saturated heterocycles. The Morgan fingerprint density at radius 1 is 1.15 bits per heavy atom. The fraction of sp³-hybridized carbons (Fsp3) is 0.333. The lowest BCUT2D eigenvalue weighted by Gasteiger charge is -2.35. The third-order valence-electron chi connectivity index (χ3n) is 6.18. The maximum Gasteiger partial charge on any atom is 0.227 e. The molecule has 2 N–H and O–H groups in total. The number of anilines is 4. The zero-order valence-corrected chi connectivity index (χ0v) is 20.4. The molecular formula is C24H25ClFN7S. The summed E-state index contributed by atoms with van der Waals surface area (Å²) in [6.07, 6.45) is 4.26. The van der Waals surface area contributed by atoms with Gasteiger partial charge in [0.25, 0.3) is 0 Å². The highest BCUT2D eigenvalue weighted by molar-refractivity contribution is 7.80. The molecule has 7 nitrogen and oxygen atoms in total. The maximum absolute atomic E-state index is 12.6. The molecule has 5 rings (SSSR count). The average Bonchev–Trinajstić information content (AvgIpc) is 2.96. The van der Waals surface area contributed by atoms with E-state index in [1.54, 1.807) is 0 Å². The van der Waals surface area contributed by atoms with Crippen LogP contribution in [0.5, 0.6) is 0 Å². The third kappa shape index (κ3) is 4.82. The number of nitrogens with zero attached hydrogens (tertiary/aromatic N) is 5. The lowest BCUT2D eigenvalue weighted by molar-refractivity contribution is 0.235. The van der Waals surface area contributed by atoms with Crippen molar-refractivity contribution >= 4 is 51.8 Å². The highest BCUT2D eigenvalue weighted by Gasteiger charge is 2.21. The van der Waals surface area contributed by atoms with Crippen LogP contribution in [0.1, 0.15) is 11.3 Å². The van der Waals surface area contributed by atoms with E-state index in [0.29, 0.717) is 28.9 Å². The summed E-state index contributed by atoms with van der Waals surface area (Å²) in [6.45, 7) is 5.51. The van der Waals surface area contributed by atoms with Crippen molar-refractivity contribution < 1.29 is 4.39 Å². The molecule has 0 amide bonds. The van der Waals surface area contributed by atoms with Gasteiger partial charge < -0.3 is 15.5 Å². The average molecular weight is 498 g/mol. The lowest BCUT2D eigenvalue weighted by atomic mass is 10.1. The van der Waals surface area contributed by atoms with Crippen molar-refractivity contribution in [3.63, 3.8) is 0 Å². The van der Waals surface area contributed by atoms with Gasteiger partial charge in [-0.25, -0.2) is 14.4 Å². The van der Waals surface area contributed by atoms with E-state index in [1.807, 2.05) is 37.5 Å². The molecule has 2 aliphatic rings. The lowest BCUT2D eigenvalue weighted by Crippen LogP contribution is -2.47. The van der Waals surface area contributed by atoms with Crippen molar-refractivity contribution in [2.24, 2.45) is 0 Å². The summed E-state index contributed by atoms with van der Waals surface area (Å²) < 4.78 is 12.6. The van der Waals surface area contributed by atoms with Crippen LogP contribution < -0.4 is 15.5 Å². The van der Waals surface area contributed by atoms with Gasteiger partial charge in [0.15, 0.2) is 0 Å². The van der Waals surface area contributed by atoms with Crippen LogP contribution in [0.4, 0.5) is 27.4 Å². The minimum absolute atomic E-state index is 0.305. The molecule has 4 heterocycles. The number of benzene rings is 1. The first-order valence-corrected chi connectivity index (χ1v) is 12.0. The van der Waals surface area contributed by atoms with Gasteiger partial charge in [-0.05, 0) is 31.2 Å². The number of alkyl halides is 1. The van der Waals surface area contributed by atoms with Crippen LogP contribution in [0.2, 0.25) is 5.02 Å². The summed E-state index contributed by atoms with van der Waals surface area (Å²) in [5.41, 5.74) is 6.28. The molecule has 3 aromatic rings. The summed E-state index contributed by atoms with van der Waals surface area (Å²) in [6, 6.07) is 7.73. The van der Waals surface area contributed by atoms with Crippen LogP contribution >= 0.6 is 23.8 Å². The van der Waals surface area contributed by atoms with E-state index in [4.69, 9.17) is 28.8 Å². The number of halogens is 2. The Hall–Kier alpha value is -2.88. The number of nitrogens with one attached hydrogen (secondary N) is 2. The quantitative estimate of drug-likeness (QED) is 0.494. The fourth-order valence-corrected chi connectivity index (χ4v) is 4.75. The molecule has 0 saturated carbocycles. The molecule has 34 heavy (non-hydrogen) atoms. The van der Waals surface area contributed by atoms with E-state index < -0.39 is 0 Å². The molecule has 0 bridgehead atoms. The number of fused-ring (bicyclic) bond motifs is 3. The molecule has 0 radical (unpaired) electrons. The van der Waals surface area contributed by atoms with Gasteiger partial charge in [0, 0.05) is 67.2 Å². The molecule has 0 atom stereocenters. The van der Waals surface area contributed by atoms with Crippen LogP contribution in [-0.2, 0) is 6.42 Å². The van der Waals surface area contributed by atoms with Gasteiger partial charge in [-0.2, -0.15) is 0 Å². The molecule has 10 heteroatoms. The molecule has 2 aliphatic heterocycles. The fourth-order valence-electron chi connectivity index (χ4n) is 4.31. The van der Waals surface area contributed by atoms with E-state index in [2.05, 4.69) is 36.5 Å². The number of hydrogen-bond donors (Lipinski definition) is 2. The van der Waals surface area contributed by atoms with E-state index in [-0.39, 0.29) is 6.67 Å². The van der Waals surface area contributed by atoms with Crippen LogP contribution in [-0.4, -0.2) is 64.2 Å². The normalized spacial score (nSPS) is 15.9. The number of rotatable bonds is 5. The smallest absolute Gasteiger partial charge is 0.227 e. The number of pyridine rings is 1. The van der Waals surface area contributed by atoms with Gasteiger partial charge >= 0.3 is 0 Å². The Morgan fingerprint density at radius 2 is 1.97 bits per heavy atom. The summed E-state index contributed by atoms with van der Waals surface area (Å²) in [5, 5.41) is 7.25. The van der Waals surface area contributed by atoms with Crippen LogP contribution in [0, 0.1) is 6.92 Å². The number of piperazine rings is 1. The largest absolute Gasteiger partial charge is 0.368 e. The Bertz CT molecular complexity index is 1230. The first-order valence-electron chi connectivity index (χ1n) is 11.2. The number of thiocarbonyl (C=S) groups is 1. The third-order valence-corrected chi connectivity index (χ3v) is 6.67. The molecule has 2 aromatic heterocycles. The van der Waals surface area contributed by atoms with Crippen molar-refractivity contribution in [2.45, 2.75) is 13.3 Å². The second-order valence-corrected chi connectivity index (χ2v) is 9.38. The molecule has 176 valence electrons. The molecular weight excluding hydrogens is 473 g/mol. The second-order valence-electron chi connectivity index (χ2n) is 8.45. The van der Waals surface area contributed by atoms with Crippen molar-refractivity contribution in [1.82, 2.24) is 19.9 Å². The van der Waals surface area contributed by atoms with E-state index >= 15 is 0 Å². The minimum atomic E-state index is -0.305. The number of hydrogen-bond acceptors (Lipinski definition) is 7. The standard InChI is InChI=1S/C24H25ClFN7S/c1-15-20(12-18(14-27-15)33-8-6-32(5-4-26)7-9-33)30-24-28-13-16-10-22(34)29-21-11-17(25)2-3-19(21)23(16)31-24/h2-3,11-14H,4-10H2,1H3,(H,29,34)(H,28,30,31). The van der Waals surface area contributed by atoms with Crippen LogP contribution in [0.15, 0.2) is 36.7 Å². The van der Waals surface area contributed by atoms with Crippen molar-refractivity contribution in [3.8, 4) is 11.3 Å². The van der Waals surface area contributed by atoms with Crippen molar-refractivity contribution in [2.75, 3.05) is 54.9 Å². The zero-order valence-electron chi connectivity index (χ0n) is 18.8. The predicted octanol–water partition coefficient (Wildman–Crippen LogP) is 4.63. The summed E-state index contributed by atoms with van der Waals surface area (Å²) in [7, 11) is 0. The summed E-state index contributed by atoms with van der Waals surface area (Å²) in [4.78, 5) is 19.1. The number of aryl methyl sites for hydroxylation is 1. The molecule has 0 spiro atoms. The number of aromatic nitrogens is 3. The Kier molecular flexibility index (Phi) is 6.58. The monoisotopic (exact) mass is 497 g/mol. The molecule has 0 aliphatic carbocycles. The van der Waals surface area contributed by atoms with Crippen molar-refractivity contribution in [1.29, 1.82) is 0 Å². The van der Waals surface area contributed by atoms with Crippen LogP contribution in [0.3, 0.4) is 0 Å². The first kappa shape index (κ1) is 22.9. The Balaban J connectivity index is 1.41. The Morgan fingerprint density at radius 3 is 2.76 bits per heavy atom. The van der Waals surface area contributed by atoms with Gasteiger partial charge in [0.05, 0.1) is 33.9 Å². The van der Waals surface area contributed by atoms with Crippen LogP contribution in [0.25, 0.3) is 11.3 Å². The first-order chi connectivity index (χ1) is 16.5. The van der Waals surface area contributed by atoms with Gasteiger partial charge in [-0.15, -0.1) is 0 Å². The highest BCUT2D eigenvalue weighted by atomic mass is 35.5. The zero-order chi connectivity index (χ0) is 23.7. The predicted molar refractivity (Wildman–Crippen MR) is 139 cm³/mol.